The number of phosphoric acid groups is 1. The minimum Gasteiger partial charge on any atom is -0.387 e. The predicted molar refractivity (Wildman–Crippen MR) is 207 cm³/mol. The number of hydrogen-bond donors (Lipinski definition) is 4. The first-order valence-corrected chi connectivity index (χ1v) is 20.5. The zero-order valence-corrected chi connectivity index (χ0v) is 31.8. The molecule has 3 unspecified atom stereocenters. The summed E-state index contributed by atoms with van der Waals surface area (Å²) in [5.74, 6) is -0.228. The van der Waals surface area contributed by atoms with E-state index in [1.165, 1.54) is 51.4 Å². The van der Waals surface area contributed by atoms with Crippen LogP contribution >= 0.6 is 7.82 Å². The minimum atomic E-state index is -4.35. The predicted octanol–water partition coefficient (Wildman–Crippen LogP) is 10.1. The van der Waals surface area contributed by atoms with E-state index in [0.717, 1.165) is 70.6 Å². The molecule has 0 saturated carbocycles. The van der Waals surface area contributed by atoms with Crippen LogP contribution in [-0.2, 0) is 18.4 Å². The normalized spacial score (nSPS) is 15.1. The first kappa shape index (κ1) is 46.9. The van der Waals surface area contributed by atoms with Crippen LogP contribution in [0, 0.1) is 0 Å². The number of unbranched alkanes of at least 4 members (excludes halogenated alkanes) is 13. The second-order valence-corrected chi connectivity index (χ2v) is 13.9. The fourth-order valence-electron chi connectivity index (χ4n) is 4.94. The summed E-state index contributed by atoms with van der Waals surface area (Å²) < 4.78 is 21.9. The molecule has 0 fully saturated rings. The summed E-state index contributed by atoms with van der Waals surface area (Å²) >= 11 is 0. The third-order valence-corrected chi connectivity index (χ3v) is 8.81. The van der Waals surface area contributed by atoms with E-state index in [-0.39, 0.29) is 25.7 Å². The zero-order chi connectivity index (χ0) is 36.1. The number of rotatable bonds is 34. The van der Waals surface area contributed by atoms with Crippen molar-refractivity contribution in [3.05, 3.63) is 72.9 Å². The van der Waals surface area contributed by atoms with Crippen molar-refractivity contribution in [2.75, 3.05) is 19.8 Å². The van der Waals surface area contributed by atoms with E-state index in [4.69, 9.17) is 14.8 Å². The number of carbonyl (C=O) groups is 1. The molecular weight excluding hydrogens is 635 g/mol. The third kappa shape index (κ3) is 34.2. The van der Waals surface area contributed by atoms with Crippen molar-refractivity contribution in [2.45, 2.75) is 154 Å². The summed E-state index contributed by atoms with van der Waals surface area (Å²) in [4.78, 5) is 22.5. The summed E-state index contributed by atoms with van der Waals surface area (Å²) in [6.07, 6.45) is 45.5. The van der Waals surface area contributed by atoms with Gasteiger partial charge < -0.3 is 21.1 Å². The van der Waals surface area contributed by atoms with Gasteiger partial charge in [-0.2, -0.15) is 0 Å². The lowest BCUT2D eigenvalue weighted by molar-refractivity contribution is -0.123. The second kappa shape index (κ2) is 35.8. The van der Waals surface area contributed by atoms with Gasteiger partial charge in [0.05, 0.1) is 25.4 Å². The van der Waals surface area contributed by atoms with E-state index >= 15 is 0 Å². The highest BCUT2D eigenvalue weighted by atomic mass is 31.2. The molecule has 282 valence electrons. The Morgan fingerprint density at radius 3 is 1.82 bits per heavy atom. The Labute approximate surface area is 299 Å². The molecule has 0 saturated heterocycles. The molecule has 9 heteroatoms. The fraction of sp³-hybridized carbons (Fsp3) is 0.675. The van der Waals surface area contributed by atoms with Crippen LogP contribution in [0.5, 0.6) is 0 Å². The van der Waals surface area contributed by atoms with E-state index in [2.05, 4.69) is 66.9 Å². The number of aliphatic hydroxyl groups is 1. The molecule has 0 heterocycles. The lowest BCUT2D eigenvalue weighted by Gasteiger charge is -2.23. The van der Waals surface area contributed by atoms with Crippen LogP contribution in [0.4, 0.5) is 0 Å². The molecule has 0 aliphatic rings. The summed E-state index contributed by atoms with van der Waals surface area (Å²) in [5.41, 5.74) is 5.34. The summed E-state index contributed by atoms with van der Waals surface area (Å²) in [5, 5.41) is 13.5. The van der Waals surface area contributed by atoms with Gasteiger partial charge in [-0.15, -0.1) is 0 Å². The van der Waals surface area contributed by atoms with Crippen molar-refractivity contribution in [1.29, 1.82) is 0 Å². The first-order chi connectivity index (χ1) is 23.9. The lowest BCUT2D eigenvalue weighted by atomic mass is 10.1. The lowest BCUT2D eigenvalue weighted by Crippen LogP contribution is -2.45. The number of aliphatic hydroxyl groups excluding tert-OH is 1. The van der Waals surface area contributed by atoms with Crippen molar-refractivity contribution in [1.82, 2.24) is 5.32 Å². The molecule has 0 bridgehead atoms. The van der Waals surface area contributed by atoms with Gasteiger partial charge >= 0.3 is 7.82 Å². The number of amides is 1. The maximum Gasteiger partial charge on any atom is 0.472 e. The Bertz CT molecular complexity index is 991. The molecule has 8 nitrogen and oxygen atoms in total. The smallest absolute Gasteiger partial charge is 0.387 e. The molecule has 0 aromatic heterocycles. The maximum atomic E-state index is 12.7. The van der Waals surface area contributed by atoms with Crippen molar-refractivity contribution in [2.24, 2.45) is 5.73 Å². The van der Waals surface area contributed by atoms with Gasteiger partial charge in [0.1, 0.15) is 0 Å². The Kier molecular flexibility index (Phi) is 34.3. The molecule has 49 heavy (non-hydrogen) atoms. The summed E-state index contributed by atoms with van der Waals surface area (Å²) in [6, 6.07) is -0.891. The third-order valence-electron chi connectivity index (χ3n) is 7.83. The first-order valence-electron chi connectivity index (χ1n) is 19.0. The Morgan fingerprint density at radius 2 is 1.22 bits per heavy atom. The van der Waals surface area contributed by atoms with Gasteiger partial charge in [-0.25, -0.2) is 4.57 Å². The topological polar surface area (TPSA) is 131 Å². The average molecular weight is 707 g/mol. The summed E-state index contributed by atoms with van der Waals surface area (Å²) in [7, 11) is -4.35. The van der Waals surface area contributed by atoms with Crippen molar-refractivity contribution in [3.8, 4) is 0 Å². The number of allylic oxidation sites excluding steroid dienone is 11. The number of nitrogens with two attached hydrogens (primary N) is 1. The fourth-order valence-corrected chi connectivity index (χ4v) is 5.70. The standard InChI is InChI=1S/C40H71N2O6P/c1-3-5-7-9-11-13-14-15-16-17-18-19-20-21-22-23-24-26-28-30-32-34-40(44)42-38(37-48-49(45,46)47-36-35-41)39(43)33-31-29-27-25-12-10-8-6-4-2/h4,6,12,14-15,17-18,20-21,25,31,33,38-39,43H,3,5,7-11,13,16,19,22-24,26-30,32,34-37,41H2,1-2H3,(H,42,44)(H,45,46)/b6-4+,15-14-,18-17-,21-20-,25-12+,33-31+. The molecule has 0 aromatic rings. The molecule has 1 amide bonds. The molecule has 0 aliphatic heterocycles. The Hall–Kier alpha value is -2.06. The van der Waals surface area contributed by atoms with E-state index in [1.807, 2.05) is 19.1 Å². The van der Waals surface area contributed by atoms with Crippen LogP contribution < -0.4 is 11.1 Å². The van der Waals surface area contributed by atoms with Crippen molar-refractivity contribution >= 4 is 13.7 Å². The molecule has 0 rings (SSSR count). The largest absolute Gasteiger partial charge is 0.472 e. The maximum absolute atomic E-state index is 12.7. The van der Waals surface area contributed by atoms with Crippen LogP contribution in [-0.4, -0.2) is 47.8 Å². The minimum absolute atomic E-state index is 0.0654. The number of nitrogens with one attached hydrogen (secondary N) is 1. The molecule has 0 aromatic carbocycles. The Morgan fingerprint density at radius 1 is 0.714 bits per heavy atom. The van der Waals surface area contributed by atoms with Crippen LogP contribution in [0.3, 0.4) is 0 Å². The molecule has 5 N–H and O–H groups in total. The SMILES string of the molecule is C/C=C/CC/C=C/CC/C=C/C(O)C(COP(=O)(O)OCCN)NC(=O)CCCCCCCC/C=C\C/C=C\C/C=C\CCCCCCC. The van der Waals surface area contributed by atoms with E-state index in [1.54, 1.807) is 6.08 Å². The highest BCUT2D eigenvalue weighted by Crippen LogP contribution is 2.43. The average Bonchev–Trinajstić information content (AvgIpc) is 3.09. The van der Waals surface area contributed by atoms with E-state index < -0.39 is 20.0 Å². The van der Waals surface area contributed by atoms with Gasteiger partial charge in [-0.1, -0.05) is 131 Å². The number of hydrogen-bond acceptors (Lipinski definition) is 6. The van der Waals surface area contributed by atoms with E-state index in [9.17, 15) is 19.4 Å². The number of phosphoric ester groups is 1. The van der Waals surface area contributed by atoms with Crippen LogP contribution in [0.25, 0.3) is 0 Å². The van der Waals surface area contributed by atoms with E-state index in [0.29, 0.717) is 6.42 Å². The van der Waals surface area contributed by atoms with Crippen LogP contribution in [0.1, 0.15) is 142 Å². The second-order valence-electron chi connectivity index (χ2n) is 12.4. The molecule has 0 aliphatic carbocycles. The van der Waals surface area contributed by atoms with Gasteiger partial charge in [0.25, 0.3) is 0 Å². The van der Waals surface area contributed by atoms with Gasteiger partial charge in [-0.05, 0) is 77.6 Å². The van der Waals surface area contributed by atoms with Gasteiger partial charge in [-0.3, -0.25) is 13.8 Å². The molecular formula is C40H71N2O6P. The van der Waals surface area contributed by atoms with Crippen molar-refractivity contribution < 1.29 is 28.4 Å². The van der Waals surface area contributed by atoms with Crippen LogP contribution in [0.15, 0.2) is 72.9 Å². The quantitative estimate of drug-likeness (QED) is 0.0298. The van der Waals surface area contributed by atoms with Crippen LogP contribution in [0.2, 0.25) is 0 Å². The highest BCUT2D eigenvalue weighted by molar-refractivity contribution is 7.47. The highest BCUT2D eigenvalue weighted by Gasteiger charge is 2.26. The van der Waals surface area contributed by atoms with Gasteiger partial charge in [0, 0.05) is 13.0 Å². The summed E-state index contributed by atoms with van der Waals surface area (Å²) in [6.45, 7) is 3.81. The van der Waals surface area contributed by atoms with Gasteiger partial charge in [0.15, 0.2) is 0 Å². The molecule has 0 radical (unpaired) electrons. The monoisotopic (exact) mass is 707 g/mol. The zero-order valence-electron chi connectivity index (χ0n) is 30.9. The van der Waals surface area contributed by atoms with Crippen molar-refractivity contribution in [3.63, 3.8) is 0 Å². The number of carbonyl (C=O) groups excluding carboxylic acids is 1. The Balaban J connectivity index is 4.25. The molecule has 0 spiro atoms. The van der Waals surface area contributed by atoms with Gasteiger partial charge in [0.2, 0.25) is 5.91 Å². The molecule has 3 atom stereocenters.